The molecule has 5 heteroatoms. The third-order valence-corrected chi connectivity index (χ3v) is 4.77. The quantitative estimate of drug-likeness (QED) is 0.926. The fraction of sp³-hybridized carbons (Fsp3) is 0.389. The molecule has 2 fully saturated rings. The summed E-state index contributed by atoms with van der Waals surface area (Å²) < 4.78 is 19.5. The molecule has 0 radical (unpaired) electrons. The molecule has 3 heterocycles. The number of amides is 1. The van der Waals surface area contributed by atoms with E-state index in [1.54, 1.807) is 30.3 Å². The summed E-state index contributed by atoms with van der Waals surface area (Å²) in [5.41, 5.74) is 0.378. The van der Waals surface area contributed by atoms with Gasteiger partial charge in [0.15, 0.2) is 5.76 Å². The van der Waals surface area contributed by atoms with E-state index in [1.165, 1.54) is 12.5 Å². The highest BCUT2D eigenvalue weighted by molar-refractivity contribution is 5.92. The van der Waals surface area contributed by atoms with Crippen LogP contribution in [0.1, 0.15) is 29.8 Å². The van der Waals surface area contributed by atoms with Crippen molar-refractivity contribution < 1.29 is 13.6 Å². The van der Waals surface area contributed by atoms with Crippen molar-refractivity contribution in [3.05, 3.63) is 48.0 Å². The van der Waals surface area contributed by atoms with Gasteiger partial charge >= 0.3 is 0 Å². The van der Waals surface area contributed by atoms with Crippen LogP contribution in [0.2, 0.25) is 0 Å². The van der Waals surface area contributed by atoms with Crippen molar-refractivity contribution in [2.75, 3.05) is 13.1 Å². The van der Waals surface area contributed by atoms with E-state index in [0.717, 1.165) is 19.4 Å². The molecule has 1 N–H and O–H groups in total. The number of likely N-dealkylation sites (tertiary alicyclic amines) is 1. The molecule has 2 unspecified atom stereocenters. The molecule has 2 saturated heterocycles. The molecular formula is C18H19FN2O2. The lowest BCUT2D eigenvalue weighted by Crippen LogP contribution is -2.38. The van der Waals surface area contributed by atoms with Crippen LogP contribution >= 0.6 is 0 Å². The topological polar surface area (TPSA) is 45.5 Å². The number of nitrogens with zero attached hydrogens (tertiary/aromatic N) is 1. The van der Waals surface area contributed by atoms with Gasteiger partial charge in [0.05, 0.1) is 5.56 Å². The van der Waals surface area contributed by atoms with Crippen LogP contribution in [0.4, 0.5) is 4.39 Å². The summed E-state index contributed by atoms with van der Waals surface area (Å²) in [6.45, 7) is 1.45. The first-order valence-corrected chi connectivity index (χ1v) is 8.11. The van der Waals surface area contributed by atoms with Crippen LogP contribution in [0.3, 0.4) is 0 Å². The number of fused-ring (bicyclic) bond motifs is 2. The molecule has 2 aliphatic heterocycles. The minimum absolute atomic E-state index is 0.109. The van der Waals surface area contributed by atoms with E-state index in [0.29, 0.717) is 30.0 Å². The van der Waals surface area contributed by atoms with Gasteiger partial charge in [-0.1, -0.05) is 12.1 Å². The fourth-order valence-electron chi connectivity index (χ4n) is 3.54. The standard InChI is InChI=1S/C18H19FN2O2/c19-15-4-2-1-3-14(15)16-7-8-17(23-16)18(22)21-10-9-12-5-6-13(11-21)20-12/h1-4,7-8,12-13,20H,5-6,9-11H2. The van der Waals surface area contributed by atoms with E-state index < -0.39 is 0 Å². The Balaban J connectivity index is 1.54. The van der Waals surface area contributed by atoms with Gasteiger partial charge in [0, 0.05) is 25.2 Å². The lowest BCUT2D eigenvalue weighted by atomic mass is 10.1. The highest BCUT2D eigenvalue weighted by atomic mass is 19.1. The largest absolute Gasteiger partial charge is 0.451 e. The zero-order chi connectivity index (χ0) is 15.8. The first kappa shape index (κ1) is 14.5. The lowest BCUT2D eigenvalue weighted by molar-refractivity contribution is 0.0717. The van der Waals surface area contributed by atoms with Crippen LogP contribution < -0.4 is 5.32 Å². The summed E-state index contributed by atoms with van der Waals surface area (Å²) in [7, 11) is 0. The van der Waals surface area contributed by atoms with Crippen molar-refractivity contribution in [2.24, 2.45) is 0 Å². The molecule has 0 aliphatic carbocycles. The van der Waals surface area contributed by atoms with Gasteiger partial charge in [-0.05, 0) is 43.5 Å². The molecule has 4 nitrogen and oxygen atoms in total. The van der Waals surface area contributed by atoms with E-state index >= 15 is 0 Å². The molecule has 0 saturated carbocycles. The van der Waals surface area contributed by atoms with E-state index in [9.17, 15) is 9.18 Å². The summed E-state index contributed by atoms with van der Waals surface area (Å²) in [6.07, 6.45) is 3.29. The van der Waals surface area contributed by atoms with E-state index in [-0.39, 0.29) is 17.5 Å². The summed E-state index contributed by atoms with van der Waals surface area (Å²) in [5.74, 6) is 0.209. The average Bonchev–Trinajstić information content (AvgIpc) is 3.14. The molecule has 1 aromatic heterocycles. The van der Waals surface area contributed by atoms with E-state index in [4.69, 9.17) is 4.42 Å². The first-order chi connectivity index (χ1) is 11.2. The number of benzene rings is 1. The monoisotopic (exact) mass is 314 g/mol. The Morgan fingerprint density at radius 1 is 1.13 bits per heavy atom. The summed E-state index contributed by atoms with van der Waals surface area (Å²) in [5, 5.41) is 3.55. The number of nitrogens with one attached hydrogen (secondary N) is 1. The number of furan rings is 1. The first-order valence-electron chi connectivity index (χ1n) is 8.11. The molecule has 120 valence electrons. The molecule has 23 heavy (non-hydrogen) atoms. The average molecular weight is 314 g/mol. The van der Waals surface area contributed by atoms with Crippen molar-refractivity contribution in [2.45, 2.75) is 31.3 Å². The van der Waals surface area contributed by atoms with Crippen LogP contribution in [0.15, 0.2) is 40.8 Å². The summed E-state index contributed by atoms with van der Waals surface area (Å²) in [4.78, 5) is 14.5. The van der Waals surface area contributed by atoms with Gasteiger partial charge in [-0.15, -0.1) is 0 Å². The molecule has 1 amide bonds. The van der Waals surface area contributed by atoms with Crippen LogP contribution in [0, 0.1) is 5.82 Å². The second-order valence-corrected chi connectivity index (χ2v) is 6.32. The number of carbonyl (C=O) groups excluding carboxylic acids is 1. The molecule has 2 aromatic rings. The molecule has 0 spiro atoms. The van der Waals surface area contributed by atoms with Crippen LogP contribution in [0.5, 0.6) is 0 Å². The number of carbonyl (C=O) groups is 1. The molecular weight excluding hydrogens is 295 g/mol. The van der Waals surface area contributed by atoms with Crippen LogP contribution in [-0.4, -0.2) is 36.0 Å². The molecule has 2 atom stereocenters. The molecule has 2 bridgehead atoms. The van der Waals surface area contributed by atoms with Crippen molar-refractivity contribution in [3.63, 3.8) is 0 Å². The summed E-state index contributed by atoms with van der Waals surface area (Å²) >= 11 is 0. The number of halogens is 1. The summed E-state index contributed by atoms with van der Waals surface area (Å²) in [6, 6.07) is 10.6. The SMILES string of the molecule is O=C(c1ccc(-c2ccccc2F)o1)N1CCC2CCC(C1)N2. The Morgan fingerprint density at radius 3 is 2.83 bits per heavy atom. The minimum Gasteiger partial charge on any atom is -0.451 e. The van der Waals surface area contributed by atoms with E-state index in [2.05, 4.69) is 5.32 Å². The Morgan fingerprint density at radius 2 is 1.96 bits per heavy atom. The third kappa shape index (κ3) is 2.77. The Labute approximate surface area is 134 Å². The van der Waals surface area contributed by atoms with Gasteiger partial charge < -0.3 is 14.6 Å². The van der Waals surface area contributed by atoms with Crippen molar-refractivity contribution in [1.29, 1.82) is 0 Å². The Hall–Kier alpha value is -2.14. The normalized spacial score (nSPS) is 23.8. The predicted molar refractivity (Wildman–Crippen MR) is 84.6 cm³/mol. The second kappa shape index (κ2) is 5.81. The van der Waals surface area contributed by atoms with E-state index in [1.807, 2.05) is 4.90 Å². The van der Waals surface area contributed by atoms with Gasteiger partial charge in [0.25, 0.3) is 5.91 Å². The van der Waals surface area contributed by atoms with Crippen molar-refractivity contribution in [3.8, 4) is 11.3 Å². The zero-order valence-corrected chi connectivity index (χ0v) is 12.8. The second-order valence-electron chi connectivity index (χ2n) is 6.32. The fourth-order valence-corrected chi connectivity index (χ4v) is 3.54. The maximum atomic E-state index is 13.8. The number of rotatable bonds is 2. The van der Waals surface area contributed by atoms with Gasteiger partial charge in [0.2, 0.25) is 0 Å². The van der Waals surface area contributed by atoms with Crippen molar-refractivity contribution >= 4 is 5.91 Å². The maximum absolute atomic E-state index is 13.8. The van der Waals surface area contributed by atoms with Crippen molar-refractivity contribution in [1.82, 2.24) is 10.2 Å². The highest BCUT2D eigenvalue weighted by Crippen LogP contribution is 2.26. The number of hydrogen-bond acceptors (Lipinski definition) is 3. The third-order valence-electron chi connectivity index (χ3n) is 4.77. The smallest absolute Gasteiger partial charge is 0.289 e. The number of hydrogen-bond donors (Lipinski definition) is 1. The highest BCUT2D eigenvalue weighted by Gasteiger charge is 2.32. The molecule has 4 rings (SSSR count). The Bertz CT molecular complexity index is 727. The van der Waals surface area contributed by atoms with Crippen LogP contribution in [-0.2, 0) is 0 Å². The maximum Gasteiger partial charge on any atom is 0.289 e. The van der Waals surface area contributed by atoms with Gasteiger partial charge in [-0.3, -0.25) is 4.79 Å². The molecule has 2 aliphatic rings. The zero-order valence-electron chi connectivity index (χ0n) is 12.8. The van der Waals surface area contributed by atoms with Gasteiger partial charge in [-0.25, -0.2) is 4.39 Å². The Kier molecular flexibility index (Phi) is 3.65. The minimum atomic E-state index is -0.350. The van der Waals surface area contributed by atoms with Gasteiger partial charge in [-0.2, -0.15) is 0 Å². The van der Waals surface area contributed by atoms with Gasteiger partial charge in [0.1, 0.15) is 11.6 Å². The van der Waals surface area contributed by atoms with Crippen LogP contribution in [0.25, 0.3) is 11.3 Å². The predicted octanol–water partition coefficient (Wildman–Crippen LogP) is 3.05. The molecule has 1 aromatic carbocycles. The lowest BCUT2D eigenvalue weighted by Gasteiger charge is -2.23.